The predicted molar refractivity (Wildman–Crippen MR) is 58.8 cm³/mol. The first-order chi connectivity index (χ1) is 8.91. The van der Waals surface area contributed by atoms with Crippen LogP contribution in [0.3, 0.4) is 0 Å². The zero-order valence-corrected chi connectivity index (χ0v) is 11.3. The van der Waals surface area contributed by atoms with Crippen molar-refractivity contribution >= 4 is 20.8 Å². The van der Waals surface area contributed by atoms with Crippen LogP contribution < -0.4 is 5.73 Å². The molecular weight excluding hydrogens is 326 g/mol. The van der Waals surface area contributed by atoms with Crippen molar-refractivity contribution < 1.29 is 49.3 Å². The molecular formula is C6H13NO11S2. The van der Waals surface area contributed by atoms with Crippen LogP contribution in [0.2, 0.25) is 0 Å². The van der Waals surface area contributed by atoms with E-state index >= 15 is 0 Å². The quantitative estimate of drug-likeness (QED) is 0.308. The van der Waals surface area contributed by atoms with Gasteiger partial charge in [-0.3, -0.25) is 9.11 Å². The molecule has 1 aliphatic heterocycles. The number of nitrogens with two attached hydrogens (primary N) is 1. The molecule has 1 heterocycles. The Morgan fingerprint density at radius 1 is 1.05 bits per heavy atom. The molecule has 1 aliphatic rings. The molecule has 0 bridgehead atoms. The molecule has 0 amide bonds. The van der Waals surface area contributed by atoms with Gasteiger partial charge in [-0.25, -0.2) is 8.37 Å². The molecule has 0 aromatic heterocycles. The van der Waals surface area contributed by atoms with Crippen LogP contribution >= 0.6 is 0 Å². The predicted octanol–water partition coefficient (Wildman–Crippen LogP) is -3.60. The van der Waals surface area contributed by atoms with Gasteiger partial charge in [0, 0.05) is 0 Å². The summed E-state index contributed by atoms with van der Waals surface area (Å²) in [4.78, 5) is 0. The summed E-state index contributed by atoms with van der Waals surface area (Å²) in [5, 5.41) is 19.1. The molecule has 120 valence electrons. The standard InChI is InChI=1S/C6H13NO11S2/c7-3-5(9)4(8)2(1-16-19(10,11)12)17-6(3)18-20(13,14)15/h2-6,8-9H,1,7H2,(H,10,11,12)(H,13,14,15)/t2-,3-,4-,5-,6?/m1/s1. The molecule has 1 saturated heterocycles. The van der Waals surface area contributed by atoms with Gasteiger partial charge in [0.1, 0.15) is 18.3 Å². The van der Waals surface area contributed by atoms with Crippen molar-refractivity contribution in [2.24, 2.45) is 5.73 Å². The Morgan fingerprint density at radius 2 is 1.60 bits per heavy atom. The molecule has 20 heavy (non-hydrogen) atoms. The minimum absolute atomic E-state index is 0.949. The summed E-state index contributed by atoms with van der Waals surface area (Å²) < 4.78 is 71.4. The molecule has 0 aliphatic carbocycles. The topological polar surface area (TPSA) is 203 Å². The molecule has 1 fully saturated rings. The van der Waals surface area contributed by atoms with Gasteiger partial charge in [-0.2, -0.15) is 16.8 Å². The first kappa shape index (κ1) is 17.6. The van der Waals surface area contributed by atoms with E-state index in [1.54, 1.807) is 0 Å². The summed E-state index contributed by atoms with van der Waals surface area (Å²) in [6.07, 6.45) is -6.98. The SMILES string of the molecule is N[C@H]1C(OS(=O)(=O)O)O[C@H](COS(=O)(=O)O)[C@@H](O)[C@@H]1O. The van der Waals surface area contributed by atoms with Gasteiger partial charge in [-0.05, 0) is 0 Å². The lowest BCUT2D eigenvalue weighted by atomic mass is 9.98. The van der Waals surface area contributed by atoms with Crippen LogP contribution in [0.1, 0.15) is 0 Å². The summed E-state index contributed by atoms with van der Waals surface area (Å²) in [6, 6.07) is -1.55. The molecule has 5 atom stereocenters. The van der Waals surface area contributed by atoms with Crippen molar-refractivity contribution in [1.82, 2.24) is 0 Å². The molecule has 0 aromatic rings. The van der Waals surface area contributed by atoms with Gasteiger partial charge in [0.2, 0.25) is 0 Å². The fraction of sp³-hybridized carbons (Fsp3) is 1.00. The lowest BCUT2D eigenvalue weighted by molar-refractivity contribution is -0.237. The monoisotopic (exact) mass is 339 g/mol. The maximum absolute atomic E-state index is 10.5. The minimum atomic E-state index is -4.97. The Hall–Kier alpha value is -0.420. The zero-order chi connectivity index (χ0) is 15.7. The second kappa shape index (κ2) is 6.14. The number of hydrogen-bond acceptors (Lipinski definition) is 10. The van der Waals surface area contributed by atoms with Crippen molar-refractivity contribution in [3.63, 3.8) is 0 Å². The maximum atomic E-state index is 10.5. The van der Waals surface area contributed by atoms with Crippen LogP contribution in [-0.2, 0) is 33.9 Å². The number of aliphatic hydroxyl groups is 2. The summed E-state index contributed by atoms with van der Waals surface area (Å²) in [5.41, 5.74) is 5.32. The van der Waals surface area contributed by atoms with E-state index in [1.165, 1.54) is 0 Å². The second-order valence-corrected chi connectivity index (χ2v) is 5.98. The number of ether oxygens (including phenoxy) is 1. The van der Waals surface area contributed by atoms with Crippen LogP contribution in [0.5, 0.6) is 0 Å². The molecule has 0 radical (unpaired) electrons. The van der Waals surface area contributed by atoms with E-state index in [9.17, 15) is 27.0 Å². The summed E-state index contributed by atoms with van der Waals surface area (Å²) in [5.74, 6) is 0. The van der Waals surface area contributed by atoms with Gasteiger partial charge < -0.3 is 20.7 Å². The number of hydrogen-bond donors (Lipinski definition) is 5. The van der Waals surface area contributed by atoms with Gasteiger partial charge in [0.15, 0.2) is 6.29 Å². The third kappa shape index (κ3) is 5.17. The zero-order valence-electron chi connectivity index (χ0n) is 9.63. The highest BCUT2D eigenvalue weighted by Crippen LogP contribution is 2.22. The Labute approximate surface area is 114 Å². The molecule has 1 rings (SSSR count). The molecule has 1 unspecified atom stereocenters. The average molecular weight is 339 g/mol. The Bertz CT molecular complexity index is 527. The summed E-state index contributed by atoms with van der Waals surface area (Å²) in [7, 11) is -9.81. The highest BCUT2D eigenvalue weighted by atomic mass is 32.3. The third-order valence-corrected chi connectivity index (χ3v) is 3.21. The van der Waals surface area contributed by atoms with E-state index in [2.05, 4.69) is 8.37 Å². The molecule has 0 saturated carbocycles. The molecule has 6 N–H and O–H groups in total. The van der Waals surface area contributed by atoms with Gasteiger partial charge >= 0.3 is 20.8 Å². The largest absolute Gasteiger partial charge is 0.399 e. The van der Waals surface area contributed by atoms with Gasteiger partial charge in [-0.15, -0.1) is 0 Å². The Balaban J connectivity index is 2.81. The van der Waals surface area contributed by atoms with Crippen LogP contribution in [0.25, 0.3) is 0 Å². The number of aliphatic hydroxyl groups excluding tert-OH is 2. The molecule has 14 heteroatoms. The fourth-order valence-corrected chi connectivity index (χ4v) is 2.17. The van der Waals surface area contributed by atoms with E-state index in [-0.39, 0.29) is 0 Å². The van der Waals surface area contributed by atoms with E-state index < -0.39 is 58.0 Å². The van der Waals surface area contributed by atoms with Crippen molar-refractivity contribution in [2.45, 2.75) is 30.6 Å². The molecule has 0 aromatic carbocycles. The van der Waals surface area contributed by atoms with E-state index in [1.807, 2.05) is 0 Å². The average Bonchev–Trinajstić information content (AvgIpc) is 2.25. The first-order valence-corrected chi connectivity index (χ1v) is 7.68. The summed E-state index contributed by atoms with van der Waals surface area (Å²) >= 11 is 0. The third-order valence-electron chi connectivity index (χ3n) is 2.35. The Kier molecular flexibility index (Phi) is 5.41. The first-order valence-electron chi connectivity index (χ1n) is 4.95. The van der Waals surface area contributed by atoms with Crippen molar-refractivity contribution in [2.75, 3.05) is 6.61 Å². The minimum Gasteiger partial charge on any atom is -0.388 e. The lowest BCUT2D eigenvalue weighted by Crippen LogP contribution is -2.63. The van der Waals surface area contributed by atoms with Gasteiger partial charge in [-0.1, -0.05) is 0 Å². The van der Waals surface area contributed by atoms with Crippen molar-refractivity contribution in [1.29, 1.82) is 0 Å². The summed E-state index contributed by atoms with van der Waals surface area (Å²) in [6.45, 7) is -0.949. The van der Waals surface area contributed by atoms with Gasteiger partial charge in [0.05, 0.1) is 12.6 Å². The van der Waals surface area contributed by atoms with Crippen LogP contribution in [0, 0.1) is 0 Å². The maximum Gasteiger partial charge on any atom is 0.399 e. The second-order valence-electron chi connectivity index (χ2n) is 3.84. The van der Waals surface area contributed by atoms with Crippen molar-refractivity contribution in [3.05, 3.63) is 0 Å². The van der Waals surface area contributed by atoms with E-state index in [0.29, 0.717) is 0 Å². The smallest absolute Gasteiger partial charge is 0.388 e. The van der Waals surface area contributed by atoms with E-state index in [4.69, 9.17) is 19.6 Å². The normalized spacial score (nSPS) is 36.0. The highest BCUT2D eigenvalue weighted by molar-refractivity contribution is 7.81. The van der Waals surface area contributed by atoms with Crippen LogP contribution in [-0.4, -0.2) is 73.4 Å². The molecule has 12 nitrogen and oxygen atoms in total. The van der Waals surface area contributed by atoms with Crippen molar-refractivity contribution in [3.8, 4) is 0 Å². The fourth-order valence-electron chi connectivity index (χ4n) is 1.45. The van der Waals surface area contributed by atoms with E-state index in [0.717, 1.165) is 0 Å². The highest BCUT2D eigenvalue weighted by Gasteiger charge is 2.45. The van der Waals surface area contributed by atoms with Crippen LogP contribution in [0.4, 0.5) is 0 Å². The van der Waals surface area contributed by atoms with Gasteiger partial charge in [0.25, 0.3) is 0 Å². The Morgan fingerprint density at radius 3 is 2.05 bits per heavy atom. The molecule has 0 spiro atoms. The lowest BCUT2D eigenvalue weighted by Gasteiger charge is -2.39. The van der Waals surface area contributed by atoms with Crippen LogP contribution in [0.15, 0.2) is 0 Å². The number of rotatable bonds is 5.